The highest BCUT2D eigenvalue weighted by Gasteiger charge is 2.14. The average molecular weight is 256 g/mol. The van der Waals surface area contributed by atoms with Crippen LogP contribution in [0.1, 0.15) is 32.1 Å². The Morgan fingerprint density at radius 2 is 1.32 bits per heavy atom. The summed E-state index contributed by atoms with van der Waals surface area (Å²) < 4.78 is 0. The first kappa shape index (κ1) is 12.7. The first-order valence-electron chi connectivity index (χ1n) is 5.57. The van der Waals surface area contributed by atoms with E-state index in [2.05, 4.69) is 9.97 Å². The molecule has 0 aliphatic rings. The number of aromatic nitrogens is 2. The molecule has 19 heavy (non-hydrogen) atoms. The van der Waals surface area contributed by atoms with Crippen LogP contribution in [0, 0.1) is 0 Å². The van der Waals surface area contributed by atoms with Crippen molar-refractivity contribution in [3.8, 4) is 0 Å². The van der Waals surface area contributed by atoms with Crippen molar-refractivity contribution in [1.29, 1.82) is 0 Å². The van der Waals surface area contributed by atoms with Crippen molar-refractivity contribution in [2.75, 3.05) is 0 Å². The summed E-state index contributed by atoms with van der Waals surface area (Å²) >= 11 is 0. The van der Waals surface area contributed by atoms with Crippen LogP contribution >= 0.6 is 0 Å². The van der Waals surface area contributed by atoms with Crippen molar-refractivity contribution < 1.29 is 9.59 Å². The Labute approximate surface area is 109 Å². The van der Waals surface area contributed by atoms with Gasteiger partial charge in [0.05, 0.1) is 0 Å². The molecule has 0 radical (unpaired) electrons. The zero-order chi connectivity index (χ0) is 13.8. The highest BCUT2D eigenvalue weighted by Crippen LogP contribution is 2.14. The first-order valence-corrected chi connectivity index (χ1v) is 5.57. The highest BCUT2D eigenvalue weighted by atomic mass is 16.1. The molecule has 0 unspecified atom stereocenters. The molecule has 96 valence electrons. The predicted molar refractivity (Wildman–Crippen MR) is 68.3 cm³/mol. The van der Waals surface area contributed by atoms with Crippen molar-refractivity contribution in [3.63, 3.8) is 0 Å². The second kappa shape index (κ2) is 5.26. The highest BCUT2D eigenvalue weighted by molar-refractivity contribution is 5.93. The van der Waals surface area contributed by atoms with Gasteiger partial charge in [0, 0.05) is 18.8 Å². The number of hydrogen-bond acceptors (Lipinski definition) is 4. The summed E-state index contributed by atoms with van der Waals surface area (Å²) in [5.41, 5.74) is 12.1. The van der Waals surface area contributed by atoms with Gasteiger partial charge in [0.25, 0.3) is 11.8 Å². The quantitative estimate of drug-likeness (QED) is 0.817. The maximum Gasteiger partial charge on any atom is 0.267 e. The van der Waals surface area contributed by atoms with Gasteiger partial charge in [-0.15, -0.1) is 0 Å². The number of amides is 2. The molecule has 0 fully saturated rings. The van der Waals surface area contributed by atoms with Crippen LogP contribution in [-0.4, -0.2) is 21.8 Å². The number of nitrogens with two attached hydrogens (primary N) is 2. The van der Waals surface area contributed by atoms with Crippen LogP contribution in [-0.2, 0) is 6.42 Å². The van der Waals surface area contributed by atoms with Crippen LogP contribution in [0.3, 0.4) is 0 Å². The van der Waals surface area contributed by atoms with E-state index in [9.17, 15) is 9.59 Å². The Morgan fingerprint density at radius 1 is 0.895 bits per heavy atom. The molecule has 6 nitrogen and oxygen atoms in total. The Kier molecular flexibility index (Phi) is 3.51. The molecule has 0 atom stereocenters. The second-order valence-electron chi connectivity index (χ2n) is 3.93. The van der Waals surface area contributed by atoms with Crippen LogP contribution in [0.4, 0.5) is 0 Å². The van der Waals surface area contributed by atoms with Gasteiger partial charge in [-0.05, 0) is 23.3 Å². The molecule has 0 saturated heterocycles. The van der Waals surface area contributed by atoms with Crippen molar-refractivity contribution in [2.24, 2.45) is 11.5 Å². The molecule has 2 aromatic rings. The lowest BCUT2D eigenvalue weighted by atomic mass is 10.0. The zero-order valence-electron chi connectivity index (χ0n) is 10.0. The largest absolute Gasteiger partial charge is 0.364 e. The molecule has 2 aromatic heterocycles. The summed E-state index contributed by atoms with van der Waals surface area (Å²) in [4.78, 5) is 30.4. The molecule has 2 amide bonds. The standard InChI is InChI=1S/C13H12N4O2/c14-12(18)10-8(3-1-5-16-10)7-9-4-2-6-17-11(9)13(15)19/h1-6H,7H2,(H2,14,18)(H2,15,19). The summed E-state index contributed by atoms with van der Waals surface area (Å²) in [6.07, 6.45) is 3.29. The van der Waals surface area contributed by atoms with E-state index in [1.807, 2.05) is 0 Å². The molecule has 0 bridgehead atoms. The fourth-order valence-electron chi connectivity index (χ4n) is 1.81. The molecule has 0 aliphatic heterocycles. The third-order valence-corrected chi connectivity index (χ3v) is 2.63. The number of primary amides is 2. The van der Waals surface area contributed by atoms with Crippen LogP contribution in [0.25, 0.3) is 0 Å². The van der Waals surface area contributed by atoms with Crippen LogP contribution in [0.15, 0.2) is 36.7 Å². The summed E-state index contributed by atoms with van der Waals surface area (Å²) in [6, 6.07) is 6.85. The third kappa shape index (κ3) is 2.74. The van der Waals surface area contributed by atoms with E-state index in [1.165, 1.54) is 12.4 Å². The van der Waals surface area contributed by atoms with E-state index >= 15 is 0 Å². The van der Waals surface area contributed by atoms with E-state index in [4.69, 9.17) is 11.5 Å². The third-order valence-electron chi connectivity index (χ3n) is 2.63. The lowest BCUT2D eigenvalue weighted by Crippen LogP contribution is -2.18. The SMILES string of the molecule is NC(=O)c1ncccc1Cc1cccnc1C(N)=O. The van der Waals surface area contributed by atoms with Gasteiger partial charge in [0.15, 0.2) is 0 Å². The molecule has 2 heterocycles. The van der Waals surface area contributed by atoms with Gasteiger partial charge >= 0.3 is 0 Å². The molecule has 4 N–H and O–H groups in total. The van der Waals surface area contributed by atoms with Crippen molar-refractivity contribution in [1.82, 2.24) is 9.97 Å². The molecule has 6 heteroatoms. The van der Waals surface area contributed by atoms with Gasteiger partial charge in [-0.25, -0.2) is 0 Å². The fraction of sp³-hybridized carbons (Fsp3) is 0.0769. The van der Waals surface area contributed by atoms with Gasteiger partial charge in [0.1, 0.15) is 11.4 Å². The van der Waals surface area contributed by atoms with Gasteiger partial charge < -0.3 is 11.5 Å². The van der Waals surface area contributed by atoms with E-state index in [0.717, 1.165) is 0 Å². The Bertz CT molecular complexity index is 585. The summed E-state index contributed by atoms with van der Waals surface area (Å²) in [7, 11) is 0. The normalized spacial score (nSPS) is 10.1. The van der Waals surface area contributed by atoms with Crippen LogP contribution < -0.4 is 11.5 Å². The molecule has 0 saturated carbocycles. The van der Waals surface area contributed by atoms with E-state index in [-0.39, 0.29) is 11.4 Å². The van der Waals surface area contributed by atoms with Gasteiger partial charge in [-0.2, -0.15) is 0 Å². The lowest BCUT2D eigenvalue weighted by molar-refractivity contribution is 0.0987. The topological polar surface area (TPSA) is 112 Å². The smallest absolute Gasteiger partial charge is 0.267 e. The van der Waals surface area contributed by atoms with Gasteiger partial charge in [0.2, 0.25) is 0 Å². The predicted octanol–water partition coefficient (Wildman–Crippen LogP) is 0.265. The molecule has 2 rings (SSSR count). The van der Waals surface area contributed by atoms with Crippen LogP contribution in [0.2, 0.25) is 0 Å². The Balaban J connectivity index is 2.42. The average Bonchev–Trinajstić information content (AvgIpc) is 2.39. The number of carbonyl (C=O) groups excluding carboxylic acids is 2. The first-order chi connectivity index (χ1) is 9.09. The van der Waals surface area contributed by atoms with Gasteiger partial charge in [-0.1, -0.05) is 12.1 Å². The van der Waals surface area contributed by atoms with Crippen molar-refractivity contribution in [2.45, 2.75) is 6.42 Å². The fourth-order valence-corrected chi connectivity index (χ4v) is 1.81. The minimum atomic E-state index is -0.611. The maximum absolute atomic E-state index is 11.3. The molecular weight excluding hydrogens is 244 g/mol. The molecular formula is C13H12N4O2. The number of rotatable bonds is 4. The van der Waals surface area contributed by atoms with Crippen molar-refractivity contribution in [3.05, 3.63) is 59.2 Å². The maximum atomic E-state index is 11.3. The Morgan fingerprint density at radius 3 is 1.68 bits per heavy atom. The van der Waals surface area contributed by atoms with Gasteiger partial charge in [-0.3, -0.25) is 19.6 Å². The number of pyridine rings is 2. The zero-order valence-corrected chi connectivity index (χ0v) is 10.0. The van der Waals surface area contributed by atoms with E-state index < -0.39 is 11.8 Å². The van der Waals surface area contributed by atoms with E-state index in [1.54, 1.807) is 24.3 Å². The minimum Gasteiger partial charge on any atom is -0.364 e. The number of nitrogens with zero attached hydrogens (tertiary/aromatic N) is 2. The minimum absolute atomic E-state index is 0.182. The second-order valence-corrected chi connectivity index (χ2v) is 3.93. The molecule has 0 spiro atoms. The number of hydrogen-bond donors (Lipinski definition) is 2. The van der Waals surface area contributed by atoms with Crippen LogP contribution in [0.5, 0.6) is 0 Å². The summed E-state index contributed by atoms with van der Waals surface area (Å²) in [5, 5.41) is 0. The lowest BCUT2D eigenvalue weighted by Gasteiger charge is -2.08. The van der Waals surface area contributed by atoms with Crippen molar-refractivity contribution >= 4 is 11.8 Å². The van der Waals surface area contributed by atoms with E-state index in [0.29, 0.717) is 17.5 Å². The number of carbonyl (C=O) groups is 2. The Hall–Kier alpha value is -2.76. The monoisotopic (exact) mass is 256 g/mol. The summed E-state index contributed by atoms with van der Waals surface area (Å²) in [6.45, 7) is 0. The summed E-state index contributed by atoms with van der Waals surface area (Å²) in [5.74, 6) is -1.22. The molecule has 0 aliphatic carbocycles. The molecule has 0 aromatic carbocycles.